The minimum Gasteiger partial charge on any atom is -0.497 e. The van der Waals surface area contributed by atoms with E-state index >= 15 is 0 Å². The smallest absolute Gasteiger partial charge is 0.119 e. The third-order valence-electron chi connectivity index (χ3n) is 7.35. The van der Waals surface area contributed by atoms with E-state index in [0.29, 0.717) is 17.9 Å². The molecule has 0 unspecified atom stereocenters. The Bertz CT molecular complexity index is 567. The number of methoxy groups -OCH3 is 1. The maximum Gasteiger partial charge on any atom is 0.119 e. The second kappa shape index (κ2) is 5.26. The van der Waals surface area contributed by atoms with Gasteiger partial charge in [0.1, 0.15) is 5.75 Å². The predicted molar refractivity (Wildman–Crippen MR) is 88.2 cm³/mol. The molecule has 2 nitrogen and oxygen atoms in total. The number of hydrogen-bond acceptors (Lipinski definition) is 2. The molecule has 0 radical (unpaired) electrons. The zero-order valence-corrected chi connectivity index (χ0v) is 13.8. The van der Waals surface area contributed by atoms with Crippen molar-refractivity contribution in [1.29, 1.82) is 0 Å². The van der Waals surface area contributed by atoms with Crippen LogP contribution < -0.4 is 4.74 Å². The van der Waals surface area contributed by atoms with E-state index in [1.165, 1.54) is 38.5 Å². The van der Waals surface area contributed by atoms with Crippen LogP contribution in [0.2, 0.25) is 0 Å². The van der Waals surface area contributed by atoms with E-state index in [1.807, 2.05) is 0 Å². The van der Waals surface area contributed by atoms with Crippen molar-refractivity contribution in [3.05, 3.63) is 29.3 Å². The van der Waals surface area contributed by atoms with Gasteiger partial charge in [-0.05, 0) is 90.9 Å². The van der Waals surface area contributed by atoms with Gasteiger partial charge in [-0.3, -0.25) is 0 Å². The van der Waals surface area contributed by atoms with Crippen LogP contribution in [0.4, 0.5) is 0 Å². The largest absolute Gasteiger partial charge is 0.497 e. The molecule has 2 fully saturated rings. The number of hydrogen-bond donors (Lipinski definition) is 1. The second-order valence-corrected chi connectivity index (χ2v) is 7.98. The molecule has 0 spiro atoms. The van der Waals surface area contributed by atoms with Crippen LogP contribution in [0.15, 0.2) is 18.2 Å². The SMILES string of the molecule is COc1ccc2c(c1)[C@H]1CC[C@]3(C)[C@@H](CO)CC[C@H]3[C@@H]1CC2. The standard InChI is InChI=1S/C20H28O2/c1-20-10-9-16-17(19(20)8-5-14(20)12-21)7-4-13-3-6-15(22-2)11-18(13)16/h3,6,11,14,16-17,19,21H,4-5,7-10,12H2,1-2H3/t14-,16+,17-,19+,20-/m1/s1. The van der Waals surface area contributed by atoms with E-state index in [4.69, 9.17) is 4.74 Å². The number of rotatable bonds is 2. The summed E-state index contributed by atoms with van der Waals surface area (Å²) in [4.78, 5) is 0. The Morgan fingerprint density at radius 1 is 1.23 bits per heavy atom. The summed E-state index contributed by atoms with van der Waals surface area (Å²) in [7, 11) is 1.77. The van der Waals surface area contributed by atoms with Gasteiger partial charge in [-0.2, -0.15) is 0 Å². The monoisotopic (exact) mass is 300 g/mol. The van der Waals surface area contributed by atoms with Crippen molar-refractivity contribution in [2.75, 3.05) is 13.7 Å². The molecule has 2 saturated carbocycles. The van der Waals surface area contributed by atoms with Gasteiger partial charge >= 0.3 is 0 Å². The van der Waals surface area contributed by atoms with Gasteiger partial charge in [-0.1, -0.05) is 13.0 Å². The Morgan fingerprint density at radius 3 is 2.86 bits per heavy atom. The number of aryl methyl sites for hydroxylation is 1. The molecule has 22 heavy (non-hydrogen) atoms. The molecule has 1 aromatic rings. The Hall–Kier alpha value is -1.02. The van der Waals surface area contributed by atoms with Crippen molar-refractivity contribution in [2.45, 2.75) is 51.4 Å². The first-order chi connectivity index (χ1) is 10.7. The van der Waals surface area contributed by atoms with Gasteiger partial charge in [0.2, 0.25) is 0 Å². The predicted octanol–water partition coefficient (Wildman–Crippen LogP) is 4.16. The molecule has 3 aliphatic carbocycles. The van der Waals surface area contributed by atoms with E-state index in [-0.39, 0.29) is 0 Å². The number of aliphatic hydroxyl groups excluding tert-OH is 1. The first kappa shape index (κ1) is 14.6. The van der Waals surface area contributed by atoms with Crippen molar-refractivity contribution in [1.82, 2.24) is 0 Å². The first-order valence-corrected chi connectivity index (χ1v) is 8.95. The maximum atomic E-state index is 9.78. The average Bonchev–Trinajstić information content (AvgIpc) is 2.90. The molecular formula is C20H28O2. The first-order valence-electron chi connectivity index (χ1n) is 8.95. The van der Waals surface area contributed by atoms with Crippen molar-refractivity contribution >= 4 is 0 Å². The van der Waals surface area contributed by atoms with Gasteiger partial charge in [-0.25, -0.2) is 0 Å². The lowest BCUT2D eigenvalue weighted by Gasteiger charge is -2.51. The lowest BCUT2D eigenvalue weighted by atomic mass is 9.54. The molecule has 0 amide bonds. The van der Waals surface area contributed by atoms with Gasteiger partial charge in [0, 0.05) is 6.61 Å². The molecule has 0 aromatic heterocycles. The van der Waals surface area contributed by atoms with Crippen LogP contribution in [0, 0.1) is 23.2 Å². The topological polar surface area (TPSA) is 29.5 Å². The third kappa shape index (κ3) is 1.96. The minimum absolute atomic E-state index is 0.381. The fourth-order valence-electron chi connectivity index (χ4n) is 6.08. The minimum atomic E-state index is 0.381. The molecule has 4 rings (SSSR count). The summed E-state index contributed by atoms with van der Waals surface area (Å²) in [6.45, 7) is 2.84. The molecule has 0 saturated heterocycles. The van der Waals surface area contributed by atoms with E-state index in [1.54, 1.807) is 18.2 Å². The summed E-state index contributed by atoms with van der Waals surface area (Å²) in [6, 6.07) is 6.69. The Balaban J connectivity index is 1.68. The number of ether oxygens (including phenoxy) is 1. The van der Waals surface area contributed by atoms with Crippen LogP contribution in [0.3, 0.4) is 0 Å². The van der Waals surface area contributed by atoms with Gasteiger partial charge in [0.15, 0.2) is 0 Å². The molecule has 0 heterocycles. The molecule has 1 N–H and O–H groups in total. The Kier molecular flexibility index (Phi) is 3.48. The van der Waals surface area contributed by atoms with E-state index in [0.717, 1.165) is 23.5 Å². The van der Waals surface area contributed by atoms with Gasteiger partial charge in [-0.15, -0.1) is 0 Å². The normalized spacial score (nSPS) is 39.8. The van der Waals surface area contributed by atoms with Crippen LogP contribution in [-0.2, 0) is 6.42 Å². The Morgan fingerprint density at radius 2 is 2.09 bits per heavy atom. The van der Waals surface area contributed by atoms with Crippen LogP contribution in [0.5, 0.6) is 5.75 Å². The highest BCUT2D eigenvalue weighted by Gasteiger charge is 2.54. The van der Waals surface area contributed by atoms with E-state index < -0.39 is 0 Å². The van der Waals surface area contributed by atoms with Crippen molar-refractivity contribution in [3.63, 3.8) is 0 Å². The summed E-state index contributed by atoms with van der Waals surface area (Å²) in [5, 5.41) is 9.78. The summed E-state index contributed by atoms with van der Waals surface area (Å²) in [5.74, 6) is 3.88. The Labute approximate surface area is 133 Å². The van der Waals surface area contributed by atoms with Crippen LogP contribution in [0.1, 0.15) is 56.1 Å². The highest BCUT2D eigenvalue weighted by molar-refractivity contribution is 5.40. The van der Waals surface area contributed by atoms with Crippen molar-refractivity contribution in [2.24, 2.45) is 23.2 Å². The lowest BCUT2D eigenvalue weighted by Crippen LogP contribution is -2.43. The molecule has 0 bridgehead atoms. The number of benzene rings is 1. The van der Waals surface area contributed by atoms with Crippen LogP contribution >= 0.6 is 0 Å². The molecule has 3 aliphatic rings. The fraction of sp³-hybridized carbons (Fsp3) is 0.700. The fourth-order valence-corrected chi connectivity index (χ4v) is 6.08. The zero-order valence-electron chi connectivity index (χ0n) is 13.8. The summed E-state index contributed by atoms with van der Waals surface area (Å²) >= 11 is 0. The molecule has 2 heteroatoms. The highest BCUT2D eigenvalue weighted by Crippen LogP contribution is 2.62. The molecular weight excluding hydrogens is 272 g/mol. The molecule has 120 valence electrons. The zero-order chi connectivity index (χ0) is 15.3. The highest BCUT2D eigenvalue weighted by atomic mass is 16.5. The quantitative estimate of drug-likeness (QED) is 0.888. The summed E-state index contributed by atoms with van der Waals surface area (Å²) in [5.41, 5.74) is 3.49. The van der Waals surface area contributed by atoms with Gasteiger partial charge in [0.25, 0.3) is 0 Å². The average molecular weight is 300 g/mol. The van der Waals surface area contributed by atoms with Crippen molar-refractivity contribution < 1.29 is 9.84 Å². The molecule has 0 aliphatic heterocycles. The lowest BCUT2D eigenvalue weighted by molar-refractivity contribution is 0.00954. The molecule has 5 atom stereocenters. The van der Waals surface area contributed by atoms with Gasteiger partial charge in [0.05, 0.1) is 7.11 Å². The van der Waals surface area contributed by atoms with Gasteiger partial charge < -0.3 is 9.84 Å². The summed E-state index contributed by atoms with van der Waals surface area (Å²) < 4.78 is 5.47. The van der Waals surface area contributed by atoms with E-state index in [2.05, 4.69) is 25.1 Å². The second-order valence-electron chi connectivity index (χ2n) is 7.98. The maximum absolute atomic E-state index is 9.78. The van der Waals surface area contributed by atoms with Crippen LogP contribution in [0.25, 0.3) is 0 Å². The van der Waals surface area contributed by atoms with Crippen LogP contribution in [-0.4, -0.2) is 18.8 Å². The van der Waals surface area contributed by atoms with E-state index in [9.17, 15) is 5.11 Å². The number of fused-ring (bicyclic) bond motifs is 5. The molecule has 1 aromatic carbocycles. The number of aliphatic hydroxyl groups is 1. The third-order valence-corrected chi connectivity index (χ3v) is 7.35. The summed E-state index contributed by atoms with van der Waals surface area (Å²) in [6.07, 6.45) is 7.67. The van der Waals surface area contributed by atoms with Crippen molar-refractivity contribution in [3.8, 4) is 5.75 Å².